The van der Waals surface area contributed by atoms with Crippen LogP contribution in [0, 0.1) is 0 Å². The van der Waals surface area contributed by atoms with Crippen molar-refractivity contribution in [2.24, 2.45) is 0 Å². The first-order chi connectivity index (χ1) is 6.36. The molecule has 0 amide bonds. The van der Waals surface area contributed by atoms with E-state index in [0.717, 1.165) is 5.75 Å². The van der Waals surface area contributed by atoms with E-state index in [4.69, 9.17) is 9.47 Å². The van der Waals surface area contributed by atoms with Gasteiger partial charge in [0.05, 0.1) is 6.61 Å². The number of hydrogen-bond acceptors (Lipinski definition) is 3. The van der Waals surface area contributed by atoms with Crippen LogP contribution in [0.2, 0.25) is 0 Å². The van der Waals surface area contributed by atoms with Crippen LogP contribution in [-0.4, -0.2) is 26.6 Å². The molecule has 0 heterocycles. The van der Waals surface area contributed by atoms with Gasteiger partial charge in [0.1, 0.15) is 12.4 Å². The molecule has 0 aromatic heterocycles. The van der Waals surface area contributed by atoms with Crippen LogP contribution in [0.15, 0.2) is 29.2 Å². The topological polar surface area (TPSA) is 18.5 Å². The van der Waals surface area contributed by atoms with Gasteiger partial charge >= 0.3 is 0 Å². The molecule has 0 spiro atoms. The summed E-state index contributed by atoms with van der Waals surface area (Å²) >= 11 is 1.73. The maximum atomic E-state index is 5.41. The summed E-state index contributed by atoms with van der Waals surface area (Å²) in [6, 6.07) is 8.04. The Morgan fingerprint density at radius 3 is 2.38 bits per heavy atom. The molecule has 0 radical (unpaired) electrons. The lowest BCUT2D eigenvalue weighted by Gasteiger charge is -2.05. The van der Waals surface area contributed by atoms with E-state index in [-0.39, 0.29) is 0 Å². The molecule has 0 aliphatic carbocycles. The zero-order valence-electron chi connectivity index (χ0n) is 7.95. The Bertz CT molecular complexity index is 233. The SMILES string of the molecule is COCCOc1ccc(SC)cc1. The third kappa shape index (κ3) is 3.70. The van der Waals surface area contributed by atoms with Gasteiger partial charge in [-0.05, 0) is 30.5 Å². The minimum absolute atomic E-state index is 0.606. The number of thioether (sulfide) groups is 1. The Labute approximate surface area is 83.2 Å². The second-order valence-corrected chi connectivity index (χ2v) is 3.40. The van der Waals surface area contributed by atoms with Crippen molar-refractivity contribution in [2.45, 2.75) is 4.90 Å². The molecule has 1 aromatic carbocycles. The molecule has 0 N–H and O–H groups in total. The van der Waals surface area contributed by atoms with Gasteiger partial charge < -0.3 is 9.47 Å². The summed E-state index contributed by atoms with van der Waals surface area (Å²) in [6.07, 6.45) is 2.06. The second-order valence-electron chi connectivity index (χ2n) is 2.52. The lowest BCUT2D eigenvalue weighted by Crippen LogP contribution is -2.03. The lowest BCUT2D eigenvalue weighted by molar-refractivity contribution is 0.146. The Morgan fingerprint density at radius 2 is 1.85 bits per heavy atom. The molecule has 72 valence electrons. The molecule has 2 nitrogen and oxygen atoms in total. The Kier molecular flexibility index (Phi) is 4.72. The van der Waals surface area contributed by atoms with Gasteiger partial charge in [0.25, 0.3) is 0 Å². The first-order valence-electron chi connectivity index (χ1n) is 4.12. The highest BCUT2D eigenvalue weighted by Gasteiger charge is 1.93. The highest BCUT2D eigenvalue weighted by atomic mass is 32.2. The minimum atomic E-state index is 0.606. The van der Waals surface area contributed by atoms with Gasteiger partial charge in [0.15, 0.2) is 0 Å². The molecule has 0 fully saturated rings. The van der Waals surface area contributed by atoms with E-state index in [0.29, 0.717) is 13.2 Å². The molecule has 3 heteroatoms. The van der Waals surface area contributed by atoms with Crippen molar-refractivity contribution in [1.29, 1.82) is 0 Å². The summed E-state index contributed by atoms with van der Waals surface area (Å²) in [5.41, 5.74) is 0. The van der Waals surface area contributed by atoms with Crippen LogP contribution in [0.3, 0.4) is 0 Å². The van der Waals surface area contributed by atoms with Crippen LogP contribution in [-0.2, 0) is 4.74 Å². The summed E-state index contributed by atoms with van der Waals surface area (Å²) in [5.74, 6) is 0.898. The van der Waals surface area contributed by atoms with Gasteiger partial charge in [-0.25, -0.2) is 0 Å². The molecule has 0 unspecified atom stereocenters. The van der Waals surface area contributed by atoms with E-state index >= 15 is 0 Å². The molecule has 0 atom stereocenters. The van der Waals surface area contributed by atoms with Crippen LogP contribution in [0.1, 0.15) is 0 Å². The Hall–Kier alpha value is -0.670. The molecule has 0 aliphatic rings. The van der Waals surface area contributed by atoms with Crippen molar-refractivity contribution in [2.75, 3.05) is 26.6 Å². The summed E-state index contributed by atoms with van der Waals surface area (Å²) in [5, 5.41) is 0. The molecule has 13 heavy (non-hydrogen) atoms. The van der Waals surface area contributed by atoms with Crippen LogP contribution in [0.5, 0.6) is 5.75 Å². The van der Waals surface area contributed by atoms with Gasteiger partial charge in [-0.1, -0.05) is 0 Å². The molecular formula is C10H14O2S. The van der Waals surface area contributed by atoms with Gasteiger partial charge in [-0.2, -0.15) is 0 Å². The number of rotatable bonds is 5. The smallest absolute Gasteiger partial charge is 0.119 e. The highest BCUT2D eigenvalue weighted by Crippen LogP contribution is 2.18. The highest BCUT2D eigenvalue weighted by molar-refractivity contribution is 7.98. The van der Waals surface area contributed by atoms with Crippen molar-refractivity contribution in [3.63, 3.8) is 0 Å². The van der Waals surface area contributed by atoms with Crippen molar-refractivity contribution < 1.29 is 9.47 Å². The van der Waals surface area contributed by atoms with E-state index in [9.17, 15) is 0 Å². The quantitative estimate of drug-likeness (QED) is 0.535. The third-order valence-corrected chi connectivity index (χ3v) is 2.36. The largest absolute Gasteiger partial charge is 0.491 e. The number of hydrogen-bond donors (Lipinski definition) is 0. The van der Waals surface area contributed by atoms with Gasteiger partial charge in [0.2, 0.25) is 0 Å². The van der Waals surface area contributed by atoms with E-state index in [1.54, 1.807) is 18.9 Å². The molecule has 0 saturated heterocycles. The molecule has 0 aliphatic heterocycles. The average molecular weight is 198 g/mol. The van der Waals surface area contributed by atoms with E-state index in [1.165, 1.54) is 4.90 Å². The zero-order chi connectivity index (χ0) is 9.52. The predicted octanol–water partition coefficient (Wildman–Crippen LogP) is 2.43. The average Bonchev–Trinajstić information content (AvgIpc) is 2.19. The van der Waals surface area contributed by atoms with E-state index < -0.39 is 0 Å². The standard InChI is InChI=1S/C10H14O2S/c1-11-7-8-12-9-3-5-10(13-2)6-4-9/h3-6H,7-8H2,1-2H3. The molecule has 1 rings (SSSR count). The Morgan fingerprint density at radius 1 is 1.15 bits per heavy atom. The van der Waals surface area contributed by atoms with Crippen molar-refractivity contribution in [1.82, 2.24) is 0 Å². The molecule has 1 aromatic rings. The minimum Gasteiger partial charge on any atom is -0.491 e. The number of benzene rings is 1. The van der Waals surface area contributed by atoms with E-state index in [2.05, 4.69) is 6.26 Å². The fourth-order valence-electron chi connectivity index (χ4n) is 0.915. The first kappa shape index (κ1) is 10.4. The summed E-state index contributed by atoms with van der Waals surface area (Å²) in [6.45, 7) is 1.24. The van der Waals surface area contributed by atoms with Gasteiger partial charge in [-0.3, -0.25) is 0 Å². The van der Waals surface area contributed by atoms with Crippen LogP contribution >= 0.6 is 11.8 Å². The fraction of sp³-hybridized carbons (Fsp3) is 0.400. The maximum absolute atomic E-state index is 5.41. The third-order valence-electron chi connectivity index (χ3n) is 1.62. The van der Waals surface area contributed by atoms with E-state index in [1.807, 2.05) is 24.3 Å². The second kappa shape index (κ2) is 5.89. The van der Waals surface area contributed by atoms with Crippen molar-refractivity contribution in [3.05, 3.63) is 24.3 Å². The molecular weight excluding hydrogens is 184 g/mol. The number of ether oxygens (including phenoxy) is 2. The molecule has 0 bridgehead atoms. The van der Waals surface area contributed by atoms with Crippen LogP contribution in [0.4, 0.5) is 0 Å². The van der Waals surface area contributed by atoms with Crippen LogP contribution < -0.4 is 4.74 Å². The van der Waals surface area contributed by atoms with Crippen molar-refractivity contribution in [3.8, 4) is 5.75 Å². The fourth-order valence-corrected chi connectivity index (χ4v) is 1.32. The Balaban J connectivity index is 2.40. The normalized spacial score (nSPS) is 10.0. The lowest BCUT2D eigenvalue weighted by atomic mass is 10.3. The zero-order valence-corrected chi connectivity index (χ0v) is 8.76. The first-order valence-corrected chi connectivity index (χ1v) is 5.35. The molecule has 0 saturated carbocycles. The predicted molar refractivity (Wildman–Crippen MR) is 55.6 cm³/mol. The monoisotopic (exact) mass is 198 g/mol. The van der Waals surface area contributed by atoms with Gasteiger partial charge in [0, 0.05) is 12.0 Å². The van der Waals surface area contributed by atoms with Gasteiger partial charge in [-0.15, -0.1) is 11.8 Å². The number of methoxy groups -OCH3 is 1. The summed E-state index contributed by atoms with van der Waals surface area (Å²) < 4.78 is 10.3. The summed E-state index contributed by atoms with van der Waals surface area (Å²) in [4.78, 5) is 1.25. The van der Waals surface area contributed by atoms with Crippen LogP contribution in [0.25, 0.3) is 0 Å². The summed E-state index contributed by atoms with van der Waals surface area (Å²) in [7, 11) is 1.67. The van der Waals surface area contributed by atoms with Crippen molar-refractivity contribution >= 4 is 11.8 Å². The maximum Gasteiger partial charge on any atom is 0.119 e.